The first-order valence-corrected chi connectivity index (χ1v) is 5.18. The molecule has 0 saturated carbocycles. The average Bonchev–Trinajstić information content (AvgIpc) is 2.62. The van der Waals surface area contributed by atoms with Crippen LogP contribution in [0.3, 0.4) is 0 Å². The molecule has 0 aliphatic rings. The van der Waals surface area contributed by atoms with Crippen molar-refractivity contribution in [2.24, 2.45) is 0 Å². The van der Waals surface area contributed by atoms with Gasteiger partial charge in [0.2, 0.25) is 0 Å². The van der Waals surface area contributed by atoms with E-state index in [1.807, 2.05) is 10.5 Å². The molecule has 0 radical (unpaired) electrons. The maximum absolute atomic E-state index is 4.15. The van der Waals surface area contributed by atoms with Crippen LogP contribution in [-0.2, 0) is 6.42 Å². The Morgan fingerprint density at radius 1 is 1.47 bits per heavy atom. The lowest BCUT2D eigenvalue weighted by molar-refractivity contribution is 0.549. The molecule has 2 aromatic rings. The average molecular weight is 205 g/mol. The lowest BCUT2D eigenvalue weighted by atomic mass is 10.2. The van der Waals surface area contributed by atoms with Crippen LogP contribution in [0, 0.1) is 0 Å². The second-order valence-electron chi connectivity index (χ2n) is 3.59. The molecule has 15 heavy (non-hydrogen) atoms. The minimum atomic E-state index is 0.405. The van der Waals surface area contributed by atoms with Crippen LogP contribution in [0.4, 0.5) is 0 Å². The Morgan fingerprint density at radius 2 is 2.33 bits per heavy atom. The van der Waals surface area contributed by atoms with Crippen LogP contribution in [0.1, 0.15) is 19.7 Å². The van der Waals surface area contributed by atoms with Gasteiger partial charge < -0.3 is 5.32 Å². The number of likely N-dealkylation sites (N-methyl/N-ethyl adjacent to an activating group) is 1. The smallest absolute Gasteiger partial charge is 0.163 e. The number of nitrogens with zero attached hydrogens (tertiary/aromatic N) is 4. The molecule has 0 bridgehead atoms. The Kier molecular flexibility index (Phi) is 2.91. The summed E-state index contributed by atoms with van der Waals surface area (Å²) in [5.41, 5.74) is 0.851. The van der Waals surface area contributed by atoms with E-state index >= 15 is 0 Å². The second kappa shape index (κ2) is 4.35. The van der Waals surface area contributed by atoms with Gasteiger partial charge in [0.1, 0.15) is 12.2 Å². The molecule has 5 heteroatoms. The van der Waals surface area contributed by atoms with Crippen LogP contribution in [-0.4, -0.2) is 32.2 Å². The molecule has 1 unspecified atom stereocenters. The Bertz CT molecular complexity index is 436. The van der Waals surface area contributed by atoms with Gasteiger partial charge in [0.05, 0.1) is 0 Å². The van der Waals surface area contributed by atoms with Gasteiger partial charge in [-0.05, 0) is 13.5 Å². The normalized spacial score (nSPS) is 13.2. The summed E-state index contributed by atoms with van der Waals surface area (Å²) in [6, 6.07) is 2.26. The predicted octanol–water partition coefficient (Wildman–Crippen LogP) is 0.665. The Balaban J connectivity index is 2.21. The summed E-state index contributed by atoms with van der Waals surface area (Å²) >= 11 is 0. The first kappa shape index (κ1) is 10.0. The predicted molar refractivity (Wildman–Crippen MR) is 57.6 cm³/mol. The maximum Gasteiger partial charge on any atom is 0.163 e. The van der Waals surface area contributed by atoms with E-state index in [1.165, 1.54) is 0 Å². The second-order valence-corrected chi connectivity index (χ2v) is 3.59. The highest BCUT2D eigenvalue weighted by Gasteiger charge is 2.08. The molecule has 1 N–H and O–H groups in total. The van der Waals surface area contributed by atoms with Gasteiger partial charge in [-0.2, -0.15) is 0 Å². The van der Waals surface area contributed by atoms with Crippen LogP contribution < -0.4 is 5.32 Å². The third kappa shape index (κ3) is 2.12. The summed E-state index contributed by atoms with van der Waals surface area (Å²) in [5, 5.41) is 11.6. The van der Waals surface area contributed by atoms with Crippen LogP contribution in [0.2, 0.25) is 0 Å². The van der Waals surface area contributed by atoms with E-state index in [2.05, 4.69) is 34.3 Å². The van der Waals surface area contributed by atoms with Crippen molar-refractivity contribution in [2.45, 2.75) is 26.3 Å². The fourth-order valence-electron chi connectivity index (χ4n) is 1.63. The van der Waals surface area contributed by atoms with Crippen molar-refractivity contribution in [1.29, 1.82) is 0 Å². The Labute approximate surface area is 88.6 Å². The molecule has 0 saturated heterocycles. The van der Waals surface area contributed by atoms with E-state index in [0.29, 0.717) is 6.04 Å². The van der Waals surface area contributed by atoms with Crippen LogP contribution in [0.15, 0.2) is 18.6 Å². The molecule has 0 spiro atoms. The van der Waals surface area contributed by atoms with Crippen LogP contribution >= 0.6 is 0 Å². The van der Waals surface area contributed by atoms with Gasteiger partial charge in [0, 0.05) is 24.7 Å². The molecule has 0 aliphatic heterocycles. The fraction of sp³-hybridized carbons (Fsp3) is 0.500. The van der Waals surface area contributed by atoms with Gasteiger partial charge in [-0.15, -0.1) is 10.2 Å². The molecule has 0 fully saturated rings. The molecule has 80 valence electrons. The number of hydrogen-bond acceptors (Lipinski definition) is 4. The zero-order chi connectivity index (χ0) is 10.7. The summed E-state index contributed by atoms with van der Waals surface area (Å²) in [6.45, 7) is 5.21. The standard InChI is InChI=1S/C10H15N5/c1-3-12-8(2)6-10-14-13-9-4-5-11-7-15(9)10/h4-5,7-8,12H,3,6H2,1-2H3. The quantitative estimate of drug-likeness (QED) is 0.797. The van der Waals surface area contributed by atoms with E-state index in [9.17, 15) is 0 Å². The molecule has 5 nitrogen and oxygen atoms in total. The van der Waals surface area contributed by atoms with Gasteiger partial charge in [0.25, 0.3) is 0 Å². The third-order valence-electron chi connectivity index (χ3n) is 2.33. The van der Waals surface area contributed by atoms with Gasteiger partial charge in [-0.25, -0.2) is 4.98 Å². The Hall–Kier alpha value is -1.49. The Morgan fingerprint density at radius 3 is 3.13 bits per heavy atom. The van der Waals surface area contributed by atoms with Gasteiger partial charge >= 0.3 is 0 Å². The molecule has 2 aromatic heterocycles. The number of nitrogens with one attached hydrogen (secondary N) is 1. The molecule has 2 rings (SSSR count). The third-order valence-corrected chi connectivity index (χ3v) is 2.33. The largest absolute Gasteiger partial charge is 0.314 e. The molecule has 1 atom stereocenters. The first-order chi connectivity index (χ1) is 7.31. The molecular formula is C10H15N5. The summed E-state index contributed by atoms with van der Waals surface area (Å²) in [5.74, 6) is 0.951. The fourth-order valence-corrected chi connectivity index (χ4v) is 1.63. The van der Waals surface area contributed by atoms with Crippen molar-refractivity contribution in [3.8, 4) is 0 Å². The highest BCUT2D eigenvalue weighted by Crippen LogP contribution is 2.03. The van der Waals surface area contributed by atoms with Crippen molar-refractivity contribution in [1.82, 2.24) is 24.9 Å². The highest BCUT2D eigenvalue weighted by molar-refractivity contribution is 5.35. The van der Waals surface area contributed by atoms with E-state index in [1.54, 1.807) is 12.5 Å². The molecule has 0 aromatic carbocycles. The molecule has 2 heterocycles. The maximum atomic E-state index is 4.15. The van der Waals surface area contributed by atoms with Gasteiger partial charge in [-0.1, -0.05) is 6.92 Å². The van der Waals surface area contributed by atoms with Crippen molar-refractivity contribution in [3.63, 3.8) is 0 Å². The lowest BCUT2D eigenvalue weighted by Crippen LogP contribution is -2.28. The SMILES string of the molecule is CCNC(C)Cc1nnc2ccncn12. The number of rotatable bonds is 4. The highest BCUT2D eigenvalue weighted by atomic mass is 15.3. The molecule has 0 aliphatic carbocycles. The lowest BCUT2D eigenvalue weighted by Gasteiger charge is -2.09. The first-order valence-electron chi connectivity index (χ1n) is 5.18. The van der Waals surface area contributed by atoms with Crippen LogP contribution in [0.25, 0.3) is 5.65 Å². The zero-order valence-electron chi connectivity index (χ0n) is 9.01. The van der Waals surface area contributed by atoms with E-state index in [-0.39, 0.29) is 0 Å². The van der Waals surface area contributed by atoms with Gasteiger partial charge in [0.15, 0.2) is 5.65 Å². The number of fused-ring (bicyclic) bond motifs is 1. The molecule has 0 amide bonds. The summed E-state index contributed by atoms with van der Waals surface area (Å²) in [7, 11) is 0. The van der Waals surface area contributed by atoms with Crippen molar-refractivity contribution in [3.05, 3.63) is 24.4 Å². The summed E-state index contributed by atoms with van der Waals surface area (Å²) in [4.78, 5) is 4.06. The summed E-state index contributed by atoms with van der Waals surface area (Å²) in [6.07, 6.45) is 4.34. The van der Waals surface area contributed by atoms with Crippen molar-refractivity contribution < 1.29 is 0 Å². The monoisotopic (exact) mass is 205 g/mol. The molecular weight excluding hydrogens is 190 g/mol. The van der Waals surface area contributed by atoms with E-state index in [4.69, 9.17) is 0 Å². The number of hydrogen-bond donors (Lipinski definition) is 1. The van der Waals surface area contributed by atoms with E-state index in [0.717, 1.165) is 24.4 Å². The topological polar surface area (TPSA) is 55.1 Å². The van der Waals surface area contributed by atoms with Crippen LogP contribution in [0.5, 0.6) is 0 Å². The minimum Gasteiger partial charge on any atom is -0.314 e. The zero-order valence-corrected chi connectivity index (χ0v) is 9.01. The number of aromatic nitrogens is 4. The van der Waals surface area contributed by atoms with E-state index < -0.39 is 0 Å². The van der Waals surface area contributed by atoms with Gasteiger partial charge in [-0.3, -0.25) is 4.40 Å². The minimum absolute atomic E-state index is 0.405. The summed E-state index contributed by atoms with van der Waals surface area (Å²) < 4.78 is 1.92. The van der Waals surface area contributed by atoms with Crippen molar-refractivity contribution >= 4 is 5.65 Å². The van der Waals surface area contributed by atoms with Crippen molar-refractivity contribution in [2.75, 3.05) is 6.54 Å².